The summed E-state index contributed by atoms with van der Waals surface area (Å²) in [5.74, 6) is -0.0952. The summed E-state index contributed by atoms with van der Waals surface area (Å²) in [5, 5.41) is 2.39. The van der Waals surface area contributed by atoms with Gasteiger partial charge in [0.1, 0.15) is 5.75 Å². The molecule has 0 aromatic heterocycles. The van der Waals surface area contributed by atoms with E-state index in [2.05, 4.69) is 21.2 Å². The Balaban J connectivity index is 1.84. The van der Waals surface area contributed by atoms with Gasteiger partial charge in [-0.2, -0.15) is 0 Å². The molecule has 0 spiro atoms. The maximum atomic E-state index is 12.0. The Morgan fingerprint density at radius 2 is 1.71 bits per heavy atom. The van der Waals surface area contributed by atoms with E-state index in [1.54, 1.807) is 31.4 Å². The SMILES string of the molecule is COc1ccc(C(=O)NC(=O)CN(C)Cc2ccc(Br)cc2)cc1. The predicted molar refractivity (Wildman–Crippen MR) is 95.9 cm³/mol. The van der Waals surface area contributed by atoms with E-state index in [-0.39, 0.29) is 12.5 Å². The lowest BCUT2D eigenvalue weighted by Gasteiger charge is -2.16. The van der Waals surface area contributed by atoms with E-state index in [4.69, 9.17) is 4.74 Å². The van der Waals surface area contributed by atoms with Crippen LogP contribution in [-0.4, -0.2) is 37.4 Å². The Morgan fingerprint density at radius 3 is 2.29 bits per heavy atom. The Morgan fingerprint density at radius 1 is 1.08 bits per heavy atom. The third-order valence-electron chi connectivity index (χ3n) is 3.38. The highest BCUT2D eigenvalue weighted by molar-refractivity contribution is 9.10. The molecule has 0 atom stereocenters. The van der Waals surface area contributed by atoms with Gasteiger partial charge >= 0.3 is 0 Å². The van der Waals surface area contributed by atoms with Crippen molar-refractivity contribution < 1.29 is 14.3 Å². The van der Waals surface area contributed by atoms with Gasteiger partial charge in [-0.05, 0) is 49.0 Å². The zero-order chi connectivity index (χ0) is 17.5. The zero-order valence-corrected chi connectivity index (χ0v) is 15.2. The molecule has 5 nitrogen and oxygen atoms in total. The average molecular weight is 391 g/mol. The van der Waals surface area contributed by atoms with Crippen molar-refractivity contribution in [1.82, 2.24) is 10.2 Å². The van der Waals surface area contributed by atoms with Crippen molar-refractivity contribution in [3.8, 4) is 5.75 Å². The van der Waals surface area contributed by atoms with Gasteiger partial charge in [0.2, 0.25) is 5.91 Å². The highest BCUT2D eigenvalue weighted by Crippen LogP contribution is 2.12. The number of benzene rings is 2. The average Bonchev–Trinajstić information content (AvgIpc) is 2.56. The van der Waals surface area contributed by atoms with Crippen molar-refractivity contribution in [3.63, 3.8) is 0 Å². The molecule has 2 rings (SSSR count). The second-order valence-corrected chi connectivity index (χ2v) is 6.32. The Bertz CT molecular complexity index is 699. The molecule has 0 aliphatic carbocycles. The molecule has 1 N–H and O–H groups in total. The summed E-state index contributed by atoms with van der Waals surface area (Å²) < 4.78 is 6.05. The lowest BCUT2D eigenvalue weighted by molar-refractivity contribution is -0.121. The molecular weight excluding hydrogens is 372 g/mol. The van der Waals surface area contributed by atoms with Crippen molar-refractivity contribution >= 4 is 27.7 Å². The van der Waals surface area contributed by atoms with E-state index < -0.39 is 5.91 Å². The second kappa shape index (κ2) is 8.61. The molecule has 0 bridgehead atoms. The summed E-state index contributed by atoms with van der Waals surface area (Å²) in [6.07, 6.45) is 0. The Hall–Kier alpha value is -2.18. The molecule has 2 aromatic carbocycles. The first-order chi connectivity index (χ1) is 11.5. The molecule has 0 heterocycles. The number of rotatable bonds is 6. The fraction of sp³-hybridized carbons (Fsp3) is 0.222. The van der Waals surface area contributed by atoms with Crippen LogP contribution in [0.2, 0.25) is 0 Å². The summed E-state index contributed by atoms with van der Waals surface area (Å²) in [6.45, 7) is 0.759. The van der Waals surface area contributed by atoms with Gasteiger partial charge in [0.25, 0.3) is 5.91 Å². The summed E-state index contributed by atoms with van der Waals surface area (Å²) in [4.78, 5) is 25.9. The molecule has 2 aromatic rings. The first kappa shape index (κ1) is 18.2. The normalized spacial score (nSPS) is 10.5. The third kappa shape index (κ3) is 5.47. The van der Waals surface area contributed by atoms with Crippen molar-refractivity contribution in [2.24, 2.45) is 0 Å². The molecule has 0 saturated carbocycles. The molecule has 126 valence electrons. The van der Waals surface area contributed by atoms with Gasteiger partial charge in [-0.3, -0.25) is 19.8 Å². The Kier molecular flexibility index (Phi) is 6.52. The smallest absolute Gasteiger partial charge is 0.257 e. The molecule has 0 radical (unpaired) electrons. The lowest BCUT2D eigenvalue weighted by Crippen LogP contribution is -2.38. The summed E-state index contributed by atoms with van der Waals surface area (Å²) in [7, 11) is 3.39. The van der Waals surface area contributed by atoms with Crippen molar-refractivity contribution in [3.05, 3.63) is 64.1 Å². The van der Waals surface area contributed by atoms with Crippen LogP contribution in [0, 0.1) is 0 Å². The van der Waals surface area contributed by atoms with Crippen LogP contribution < -0.4 is 10.1 Å². The quantitative estimate of drug-likeness (QED) is 0.823. The monoisotopic (exact) mass is 390 g/mol. The number of carbonyl (C=O) groups excluding carboxylic acids is 2. The van der Waals surface area contributed by atoms with Crippen LogP contribution in [0.5, 0.6) is 5.75 Å². The molecule has 0 fully saturated rings. The number of nitrogens with zero attached hydrogens (tertiary/aromatic N) is 1. The van der Waals surface area contributed by atoms with Crippen LogP contribution in [0.4, 0.5) is 0 Å². The number of amides is 2. The van der Waals surface area contributed by atoms with Crippen LogP contribution in [0.1, 0.15) is 15.9 Å². The Labute approximate surface area is 149 Å². The molecule has 6 heteroatoms. The van der Waals surface area contributed by atoms with E-state index in [0.717, 1.165) is 10.0 Å². The summed E-state index contributed by atoms with van der Waals surface area (Å²) >= 11 is 3.39. The maximum Gasteiger partial charge on any atom is 0.257 e. The van der Waals surface area contributed by atoms with E-state index in [1.165, 1.54) is 0 Å². The topological polar surface area (TPSA) is 58.6 Å². The zero-order valence-electron chi connectivity index (χ0n) is 13.6. The van der Waals surface area contributed by atoms with Crippen molar-refractivity contribution in [1.29, 1.82) is 0 Å². The minimum absolute atomic E-state index is 0.137. The molecule has 0 aliphatic heterocycles. The highest BCUT2D eigenvalue weighted by Gasteiger charge is 2.12. The van der Waals surface area contributed by atoms with E-state index in [0.29, 0.717) is 17.9 Å². The number of carbonyl (C=O) groups is 2. The molecule has 24 heavy (non-hydrogen) atoms. The highest BCUT2D eigenvalue weighted by atomic mass is 79.9. The number of imide groups is 1. The number of nitrogens with one attached hydrogen (secondary N) is 1. The second-order valence-electron chi connectivity index (χ2n) is 5.40. The van der Waals surface area contributed by atoms with Gasteiger partial charge < -0.3 is 4.74 Å². The van der Waals surface area contributed by atoms with Gasteiger partial charge in [-0.15, -0.1) is 0 Å². The van der Waals surface area contributed by atoms with E-state index in [9.17, 15) is 9.59 Å². The van der Waals surface area contributed by atoms with Crippen LogP contribution >= 0.6 is 15.9 Å². The van der Waals surface area contributed by atoms with E-state index in [1.807, 2.05) is 36.2 Å². The van der Waals surface area contributed by atoms with Crippen molar-refractivity contribution in [2.75, 3.05) is 20.7 Å². The molecular formula is C18H19BrN2O3. The minimum Gasteiger partial charge on any atom is -0.497 e. The number of likely N-dealkylation sites (N-methyl/N-ethyl adjacent to an activating group) is 1. The first-order valence-electron chi connectivity index (χ1n) is 7.39. The fourth-order valence-electron chi connectivity index (χ4n) is 2.18. The predicted octanol–water partition coefficient (Wildman–Crippen LogP) is 2.85. The number of hydrogen-bond donors (Lipinski definition) is 1. The van der Waals surface area contributed by atoms with Gasteiger partial charge in [0, 0.05) is 16.6 Å². The fourth-order valence-corrected chi connectivity index (χ4v) is 2.45. The molecule has 0 saturated heterocycles. The van der Waals surface area contributed by atoms with Crippen LogP contribution in [0.25, 0.3) is 0 Å². The van der Waals surface area contributed by atoms with Gasteiger partial charge in [-0.1, -0.05) is 28.1 Å². The third-order valence-corrected chi connectivity index (χ3v) is 3.91. The molecule has 0 aliphatic rings. The molecule has 2 amide bonds. The lowest BCUT2D eigenvalue weighted by atomic mass is 10.2. The maximum absolute atomic E-state index is 12.0. The van der Waals surface area contributed by atoms with Crippen molar-refractivity contribution in [2.45, 2.75) is 6.54 Å². The van der Waals surface area contributed by atoms with Gasteiger partial charge in [0.15, 0.2) is 0 Å². The number of ether oxygens (including phenoxy) is 1. The van der Waals surface area contributed by atoms with Crippen LogP contribution in [0.15, 0.2) is 53.0 Å². The standard InChI is InChI=1S/C18H19BrN2O3/c1-21(11-13-3-7-15(19)8-4-13)12-17(22)20-18(23)14-5-9-16(24-2)10-6-14/h3-10H,11-12H2,1-2H3,(H,20,22,23). The first-order valence-corrected chi connectivity index (χ1v) is 8.18. The van der Waals surface area contributed by atoms with Crippen LogP contribution in [-0.2, 0) is 11.3 Å². The van der Waals surface area contributed by atoms with Gasteiger partial charge in [-0.25, -0.2) is 0 Å². The largest absolute Gasteiger partial charge is 0.497 e. The van der Waals surface area contributed by atoms with Crippen LogP contribution in [0.3, 0.4) is 0 Å². The summed E-state index contributed by atoms with van der Waals surface area (Å²) in [6, 6.07) is 14.5. The van der Waals surface area contributed by atoms with E-state index >= 15 is 0 Å². The minimum atomic E-state index is -0.417. The summed E-state index contributed by atoms with van der Waals surface area (Å²) in [5.41, 5.74) is 1.51. The number of hydrogen-bond acceptors (Lipinski definition) is 4. The number of halogens is 1. The number of methoxy groups -OCH3 is 1. The molecule has 0 unspecified atom stereocenters. The van der Waals surface area contributed by atoms with Gasteiger partial charge in [0.05, 0.1) is 13.7 Å².